The number of fused-ring (bicyclic) bond motifs is 1. The fraction of sp³-hybridized carbons (Fsp3) is 0.238. The van der Waals surface area contributed by atoms with E-state index in [1.54, 1.807) is 57.5 Å². The van der Waals surface area contributed by atoms with E-state index < -0.39 is 10.0 Å². The molecule has 10 heteroatoms. The van der Waals surface area contributed by atoms with E-state index in [1.807, 2.05) is 13.1 Å². The summed E-state index contributed by atoms with van der Waals surface area (Å²) in [6.45, 7) is 2.46. The molecular weight excluding hydrogens is 416 g/mol. The molecule has 31 heavy (non-hydrogen) atoms. The summed E-state index contributed by atoms with van der Waals surface area (Å²) in [5, 5.41) is 4.39. The van der Waals surface area contributed by atoms with Gasteiger partial charge in [0.2, 0.25) is 15.8 Å². The summed E-state index contributed by atoms with van der Waals surface area (Å²) in [6, 6.07) is 14.1. The van der Waals surface area contributed by atoms with Crippen LogP contribution in [-0.2, 0) is 10.0 Å². The Morgan fingerprint density at radius 2 is 1.74 bits per heavy atom. The predicted molar refractivity (Wildman–Crippen MR) is 117 cm³/mol. The van der Waals surface area contributed by atoms with Crippen molar-refractivity contribution in [2.24, 2.45) is 0 Å². The fourth-order valence-electron chi connectivity index (χ4n) is 3.68. The summed E-state index contributed by atoms with van der Waals surface area (Å²) in [6.07, 6.45) is 1.56. The second-order valence-corrected chi connectivity index (χ2v) is 9.52. The average Bonchev–Trinajstić information content (AvgIpc) is 3.44. The van der Waals surface area contributed by atoms with Crippen LogP contribution in [0.1, 0.15) is 0 Å². The number of benzene rings is 1. The van der Waals surface area contributed by atoms with Crippen molar-refractivity contribution < 1.29 is 12.8 Å². The molecule has 1 fully saturated rings. The summed E-state index contributed by atoms with van der Waals surface area (Å²) in [4.78, 5) is 6.91. The van der Waals surface area contributed by atoms with Gasteiger partial charge in [-0.25, -0.2) is 13.4 Å². The summed E-state index contributed by atoms with van der Waals surface area (Å²) >= 11 is 0. The number of aromatic nitrogens is 3. The van der Waals surface area contributed by atoms with Crippen molar-refractivity contribution in [3.63, 3.8) is 0 Å². The van der Waals surface area contributed by atoms with Crippen LogP contribution in [0.2, 0.25) is 0 Å². The molecule has 0 radical (unpaired) electrons. The van der Waals surface area contributed by atoms with Crippen LogP contribution in [-0.4, -0.2) is 65.4 Å². The largest absolute Gasteiger partial charge is 0.461 e. The van der Waals surface area contributed by atoms with E-state index >= 15 is 0 Å². The van der Waals surface area contributed by atoms with Crippen molar-refractivity contribution in [3.05, 3.63) is 54.8 Å². The van der Waals surface area contributed by atoms with Gasteiger partial charge in [-0.15, -0.1) is 5.10 Å². The van der Waals surface area contributed by atoms with Crippen LogP contribution in [0.4, 0.5) is 5.82 Å². The highest BCUT2D eigenvalue weighted by atomic mass is 32.2. The summed E-state index contributed by atoms with van der Waals surface area (Å²) < 4.78 is 34.3. The van der Waals surface area contributed by atoms with Gasteiger partial charge in [0, 0.05) is 26.2 Å². The maximum atomic E-state index is 12.9. The second kappa shape index (κ2) is 7.49. The van der Waals surface area contributed by atoms with Crippen LogP contribution in [0.25, 0.3) is 28.4 Å². The SMILES string of the molecule is CN1CCN(S(=O)(=O)c2ccc(-c3cc(N)n4nc(-c5ccco5)nc4c3)cc2)CC1. The molecule has 0 unspecified atom stereocenters. The molecule has 4 heterocycles. The Balaban J connectivity index is 1.45. The van der Waals surface area contributed by atoms with E-state index in [9.17, 15) is 8.42 Å². The van der Waals surface area contributed by atoms with Crippen molar-refractivity contribution in [1.29, 1.82) is 0 Å². The Bertz CT molecular complexity index is 1320. The molecule has 160 valence electrons. The smallest absolute Gasteiger partial charge is 0.243 e. The van der Waals surface area contributed by atoms with E-state index in [-0.39, 0.29) is 4.90 Å². The standard InChI is InChI=1S/C21H22N6O3S/c1-25-8-10-26(11-9-25)31(28,29)17-6-4-15(5-7-17)16-13-19(22)27-20(14-16)23-21(24-27)18-3-2-12-30-18/h2-7,12-14H,8-11,22H2,1H3. The molecule has 0 spiro atoms. The predicted octanol–water partition coefficient (Wildman–Crippen LogP) is 2.17. The third kappa shape index (κ3) is 3.58. The number of pyridine rings is 1. The fourth-order valence-corrected chi connectivity index (χ4v) is 5.10. The maximum Gasteiger partial charge on any atom is 0.243 e. The number of anilines is 1. The minimum absolute atomic E-state index is 0.289. The molecule has 1 aromatic carbocycles. The van der Waals surface area contributed by atoms with Crippen molar-refractivity contribution >= 4 is 21.5 Å². The van der Waals surface area contributed by atoms with E-state index in [2.05, 4.69) is 15.0 Å². The number of nitrogens with zero attached hydrogens (tertiary/aromatic N) is 5. The number of likely N-dealkylation sites (N-methyl/N-ethyl adjacent to an activating group) is 1. The number of nitrogens with two attached hydrogens (primary N) is 1. The van der Waals surface area contributed by atoms with Crippen LogP contribution in [0.5, 0.6) is 0 Å². The first-order chi connectivity index (χ1) is 14.9. The van der Waals surface area contributed by atoms with E-state index in [4.69, 9.17) is 10.2 Å². The van der Waals surface area contributed by atoms with Gasteiger partial charge in [-0.2, -0.15) is 8.82 Å². The summed E-state index contributed by atoms with van der Waals surface area (Å²) in [7, 11) is -1.51. The average molecular weight is 439 g/mol. The number of furan rings is 1. The van der Waals surface area contributed by atoms with Crippen molar-refractivity contribution in [3.8, 4) is 22.7 Å². The zero-order chi connectivity index (χ0) is 21.6. The lowest BCUT2D eigenvalue weighted by Crippen LogP contribution is -2.46. The molecule has 0 amide bonds. The van der Waals surface area contributed by atoms with E-state index in [0.29, 0.717) is 36.1 Å². The Labute approximate surface area is 179 Å². The lowest BCUT2D eigenvalue weighted by molar-refractivity contribution is 0.222. The normalized spacial score (nSPS) is 16.2. The van der Waals surface area contributed by atoms with Gasteiger partial charge in [0.25, 0.3) is 0 Å². The minimum Gasteiger partial charge on any atom is -0.461 e. The van der Waals surface area contributed by atoms with Crippen LogP contribution < -0.4 is 5.73 Å². The first-order valence-corrected chi connectivity index (χ1v) is 11.4. The molecule has 9 nitrogen and oxygen atoms in total. The Kier molecular flexibility index (Phi) is 4.77. The van der Waals surface area contributed by atoms with Gasteiger partial charge >= 0.3 is 0 Å². The molecule has 5 rings (SSSR count). The Hall–Kier alpha value is -3.21. The molecule has 0 atom stereocenters. The molecule has 0 saturated carbocycles. The first kappa shape index (κ1) is 19.7. The number of hydrogen-bond donors (Lipinski definition) is 1. The number of piperazine rings is 1. The first-order valence-electron chi connectivity index (χ1n) is 9.91. The Morgan fingerprint density at radius 3 is 2.42 bits per heavy atom. The monoisotopic (exact) mass is 438 g/mol. The molecule has 1 aliphatic rings. The van der Waals surface area contributed by atoms with Gasteiger partial charge in [-0.05, 0) is 54.6 Å². The van der Waals surface area contributed by atoms with Crippen molar-refractivity contribution in [2.45, 2.75) is 4.90 Å². The molecule has 2 N–H and O–H groups in total. The summed E-state index contributed by atoms with van der Waals surface area (Å²) in [5.74, 6) is 1.43. The van der Waals surface area contributed by atoms with E-state index in [0.717, 1.165) is 24.2 Å². The molecule has 1 saturated heterocycles. The lowest BCUT2D eigenvalue weighted by Gasteiger charge is -2.31. The number of rotatable bonds is 4. The number of sulfonamides is 1. The quantitative estimate of drug-likeness (QED) is 0.520. The van der Waals surface area contributed by atoms with Gasteiger partial charge < -0.3 is 15.1 Å². The van der Waals surface area contributed by atoms with Crippen molar-refractivity contribution in [1.82, 2.24) is 23.8 Å². The van der Waals surface area contributed by atoms with Crippen LogP contribution in [0.15, 0.2) is 64.1 Å². The highest BCUT2D eigenvalue weighted by molar-refractivity contribution is 7.89. The van der Waals surface area contributed by atoms with Crippen molar-refractivity contribution in [2.75, 3.05) is 39.0 Å². The molecule has 0 aliphatic carbocycles. The minimum atomic E-state index is -3.50. The van der Waals surface area contributed by atoms with Gasteiger partial charge in [0.1, 0.15) is 5.82 Å². The van der Waals surface area contributed by atoms with Gasteiger partial charge in [-0.3, -0.25) is 0 Å². The number of hydrogen-bond acceptors (Lipinski definition) is 7. The van der Waals surface area contributed by atoms with Gasteiger partial charge in [0.05, 0.1) is 11.2 Å². The van der Waals surface area contributed by atoms with Gasteiger partial charge in [-0.1, -0.05) is 12.1 Å². The zero-order valence-electron chi connectivity index (χ0n) is 17.0. The number of nitrogen functional groups attached to an aromatic ring is 1. The lowest BCUT2D eigenvalue weighted by atomic mass is 10.1. The summed E-state index contributed by atoms with van der Waals surface area (Å²) in [5.41, 5.74) is 8.44. The second-order valence-electron chi connectivity index (χ2n) is 7.58. The Morgan fingerprint density at radius 1 is 1.00 bits per heavy atom. The van der Waals surface area contributed by atoms with Gasteiger partial charge in [0.15, 0.2) is 11.4 Å². The van der Waals surface area contributed by atoms with Crippen LogP contribution in [0, 0.1) is 0 Å². The molecule has 4 aromatic rings. The van der Waals surface area contributed by atoms with Crippen LogP contribution in [0.3, 0.4) is 0 Å². The third-order valence-electron chi connectivity index (χ3n) is 5.49. The highest BCUT2D eigenvalue weighted by Crippen LogP contribution is 2.27. The molecular formula is C21H22N6O3S. The van der Waals surface area contributed by atoms with Crippen LogP contribution >= 0.6 is 0 Å². The highest BCUT2D eigenvalue weighted by Gasteiger charge is 2.27. The maximum absolute atomic E-state index is 12.9. The molecule has 1 aliphatic heterocycles. The molecule has 0 bridgehead atoms. The third-order valence-corrected chi connectivity index (χ3v) is 7.41. The topological polar surface area (TPSA) is 110 Å². The zero-order valence-corrected chi connectivity index (χ0v) is 17.8. The molecule has 3 aromatic heterocycles. The van der Waals surface area contributed by atoms with E-state index in [1.165, 1.54) is 0 Å².